The zero-order valence-corrected chi connectivity index (χ0v) is 10.3. The van der Waals surface area contributed by atoms with E-state index < -0.39 is 0 Å². The van der Waals surface area contributed by atoms with Gasteiger partial charge in [0, 0.05) is 45.1 Å². The van der Waals surface area contributed by atoms with Crippen LogP contribution in [0.3, 0.4) is 0 Å². The van der Waals surface area contributed by atoms with Crippen LogP contribution in [0.1, 0.15) is 19.3 Å². The van der Waals surface area contributed by atoms with E-state index in [4.69, 9.17) is 10.8 Å². The topological polar surface area (TPSA) is 104 Å². The highest BCUT2D eigenvalue weighted by Crippen LogP contribution is 1.95. The van der Waals surface area contributed by atoms with Gasteiger partial charge in [0.1, 0.15) is 0 Å². The molecule has 0 amide bonds. The molecule has 8 nitrogen and oxygen atoms in total. The predicted octanol–water partition coefficient (Wildman–Crippen LogP) is 2.14. The summed E-state index contributed by atoms with van der Waals surface area (Å²) in [5.41, 5.74) is 8.08. The van der Waals surface area contributed by atoms with Crippen molar-refractivity contribution in [1.29, 1.82) is 5.26 Å². The second-order valence-electron chi connectivity index (χ2n) is 3.51. The summed E-state index contributed by atoms with van der Waals surface area (Å²) in [7, 11) is 3.62. The third-order valence-corrected chi connectivity index (χ3v) is 1.92. The largest absolute Gasteiger partial charge is 0.280 e. The monoisotopic (exact) mass is 238 g/mol. The summed E-state index contributed by atoms with van der Waals surface area (Å²) in [6.45, 7) is 1.87. The van der Waals surface area contributed by atoms with Crippen molar-refractivity contribution in [2.45, 2.75) is 19.3 Å². The molecule has 0 atom stereocenters. The van der Waals surface area contributed by atoms with Crippen molar-refractivity contribution in [3.8, 4) is 6.07 Å². The summed E-state index contributed by atoms with van der Waals surface area (Å²) in [6.07, 6.45) is 2.06. The number of nitriles is 1. The number of nitrogens with zero attached hydrogens (tertiary/aromatic N) is 8. The zero-order chi connectivity index (χ0) is 12.9. The first-order valence-corrected chi connectivity index (χ1v) is 5.42. The molecule has 0 bridgehead atoms. The Kier molecular flexibility index (Phi) is 9.28. The second kappa shape index (κ2) is 10.5. The van der Waals surface area contributed by atoms with Gasteiger partial charge in [-0.25, -0.2) is 0 Å². The van der Waals surface area contributed by atoms with Crippen molar-refractivity contribution < 1.29 is 0 Å². The minimum absolute atomic E-state index is 0.467. The van der Waals surface area contributed by atoms with Crippen LogP contribution in [0, 0.1) is 11.3 Å². The van der Waals surface area contributed by atoms with Crippen LogP contribution in [0.2, 0.25) is 0 Å². The van der Waals surface area contributed by atoms with Crippen LogP contribution < -0.4 is 0 Å². The molecule has 94 valence electrons. The van der Waals surface area contributed by atoms with Crippen LogP contribution in [0.25, 0.3) is 10.4 Å². The molecule has 0 aliphatic heterocycles. The molecule has 17 heavy (non-hydrogen) atoms. The maximum atomic E-state index is 8.37. The lowest BCUT2D eigenvalue weighted by Gasteiger charge is -2.13. The zero-order valence-electron chi connectivity index (χ0n) is 10.3. The first-order valence-electron chi connectivity index (χ1n) is 5.42. The minimum Gasteiger partial charge on any atom is -0.280 e. The second-order valence-corrected chi connectivity index (χ2v) is 3.51. The molecule has 0 saturated heterocycles. The van der Waals surface area contributed by atoms with Crippen LogP contribution in [-0.4, -0.2) is 43.7 Å². The number of hydrogen-bond acceptors (Lipinski definition) is 4. The van der Waals surface area contributed by atoms with Crippen LogP contribution >= 0.6 is 0 Å². The fourth-order valence-corrected chi connectivity index (χ4v) is 1.03. The predicted molar refractivity (Wildman–Crippen MR) is 63.6 cm³/mol. The molecule has 0 rings (SSSR count). The molecule has 0 aliphatic carbocycles. The summed E-state index contributed by atoms with van der Waals surface area (Å²) < 4.78 is 0. The van der Waals surface area contributed by atoms with E-state index in [1.54, 1.807) is 10.0 Å². The smallest absolute Gasteiger partial charge is 0.0622 e. The quantitative estimate of drug-likeness (QED) is 0.202. The average Bonchev–Trinajstić information content (AvgIpc) is 2.32. The highest BCUT2D eigenvalue weighted by molar-refractivity contribution is 4.68. The van der Waals surface area contributed by atoms with Gasteiger partial charge in [0.15, 0.2) is 0 Å². The lowest BCUT2D eigenvalue weighted by molar-refractivity contribution is 0.247. The Morgan fingerprint density at radius 1 is 1.18 bits per heavy atom. The molecule has 0 heterocycles. The third kappa shape index (κ3) is 10.3. The molecule has 0 spiro atoms. The summed E-state index contributed by atoms with van der Waals surface area (Å²) >= 11 is 0. The van der Waals surface area contributed by atoms with E-state index in [-0.39, 0.29) is 0 Å². The lowest BCUT2D eigenvalue weighted by Crippen LogP contribution is -2.16. The molecule has 0 unspecified atom stereocenters. The summed E-state index contributed by atoms with van der Waals surface area (Å²) in [6, 6.07) is 2.08. The van der Waals surface area contributed by atoms with Crippen LogP contribution in [0.5, 0.6) is 0 Å². The normalized spacial score (nSPS) is 9.71. The molecule has 0 aromatic heterocycles. The van der Waals surface area contributed by atoms with Crippen molar-refractivity contribution in [3.63, 3.8) is 0 Å². The Morgan fingerprint density at radius 2 is 1.76 bits per heavy atom. The lowest BCUT2D eigenvalue weighted by atomic mass is 10.3. The fourth-order valence-electron chi connectivity index (χ4n) is 1.03. The van der Waals surface area contributed by atoms with Gasteiger partial charge in [0.25, 0.3) is 0 Å². The fraction of sp³-hybridized carbons (Fsp3) is 0.889. The van der Waals surface area contributed by atoms with Gasteiger partial charge in [-0.15, -0.1) is 0 Å². The summed E-state index contributed by atoms with van der Waals surface area (Å²) in [5, 5.41) is 23.1. The maximum absolute atomic E-state index is 8.37. The number of hydrogen-bond donors (Lipinski definition) is 0. The molecule has 0 fully saturated rings. The maximum Gasteiger partial charge on any atom is 0.0622 e. The Bertz CT molecular complexity index is 301. The Labute approximate surface area is 101 Å². The van der Waals surface area contributed by atoms with Crippen molar-refractivity contribution >= 4 is 0 Å². The molecule has 8 heteroatoms. The van der Waals surface area contributed by atoms with Gasteiger partial charge in [-0.1, -0.05) is 15.6 Å². The van der Waals surface area contributed by atoms with Crippen LogP contribution in [0.15, 0.2) is 15.6 Å². The molecule has 0 radical (unpaired) electrons. The summed E-state index contributed by atoms with van der Waals surface area (Å²) in [5.74, 6) is 0. The highest BCUT2D eigenvalue weighted by Gasteiger charge is 1.95. The van der Waals surface area contributed by atoms with Gasteiger partial charge in [0.05, 0.1) is 6.07 Å². The molecule has 0 aromatic rings. The number of rotatable bonds is 9. The third-order valence-electron chi connectivity index (χ3n) is 1.92. The van der Waals surface area contributed by atoms with Gasteiger partial charge in [-0.2, -0.15) is 5.26 Å². The molecular weight excluding hydrogens is 220 g/mol. The van der Waals surface area contributed by atoms with E-state index in [1.165, 1.54) is 0 Å². The van der Waals surface area contributed by atoms with E-state index in [0.29, 0.717) is 26.1 Å². The van der Waals surface area contributed by atoms with Gasteiger partial charge >= 0.3 is 0 Å². The van der Waals surface area contributed by atoms with Crippen LogP contribution in [-0.2, 0) is 0 Å². The van der Waals surface area contributed by atoms with E-state index in [2.05, 4.69) is 26.5 Å². The first-order chi connectivity index (χ1) is 8.20. The van der Waals surface area contributed by atoms with Gasteiger partial charge < -0.3 is 0 Å². The van der Waals surface area contributed by atoms with Crippen molar-refractivity contribution in [2.75, 3.05) is 33.7 Å². The molecule has 0 aliphatic rings. The molecule has 0 aromatic carbocycles. The Hall–Kier alpha value is -2.00. The van der Waals surface area contributed by atoms with Crippen molar-refractivity contribution in [1.82, 2.24) is 10.0 Å². The van der Waals surface area contributed by atoms with E-state index in [1.807, 2.05) is 14.1 Å². The summed E-state index contributed by atoms with van der Waals surface area (Å²) in [4.78, 5) is 2.67. The Morgan fingerprint density at radius 3 is 2.29 bits per heavy atom. The van der Waals surface area contributed by atoms with Gasteiger partial charge in [-0.05, 0) is 18.4 Å². The average molecular weight is 238 g/mol. The molecule has 0 N–H and O–H groups in total. The number of unbranched alkanes of at least 4 members (excludes halogenated alkanes) is 1. The highest BCUT2D eigenvalue weighted by atomic mass is 15.7. The van der Waals surface area contributed by atoms with Crippen molar-refractivity contribution in [3.05, 3.63) is 10.4 Å². The number of azide groups is 1. The van der Waals surface area contributed by atoms with Crippen molar-refractivity contribution in [2.24, 2.45) is 15.6 Å². The van der Waals surface area contributed by atoms with E-state index in [0.717, 1.165) is 12.8 Å². The minimum atomic E-state index is 0.467. The van der Waals surface area contributed by atoms with Gasteiger partial charge in [-0.3, -0.25) is 10.0 Å². The first kappa shape index (κ1) is 15.0. The Balaban J connectivity index is 3.66. The van der Waals surface area contributed by atoms with Gasteiger partial charge in [0.2, 0.25) is 0 Å². The molecular formula is C9H18N8. The van der Waals surface area contributed by atoms with E-state index >= 15 is 0 Å². The molecule has 0 saturated carbocycles. The van der Waals surface area contributed by atoms with Crippen LogP contribution in [0.4, 0.5) is 0 Å². The standard InChI is InChI=1S/C9H18N8/c1-16(8-4-3-6-10)14-15-17(2)9-5-7-12-13-11/h3-5,7-9H2,1-2H3/b15-14+. The van der Waals surface area contributed by atoms with E-state index in [9.17, 15) is 0 Å². The SMILES string of the molecule is CN(CCCC#N)/N=N/N(C)CCCN=[N+]=[N-].